The third-order valence-electron chi connectivity index (χ3n) is 3.55. The molecule has 2 aliphatic rings. The lowest BCUT2D eigenvalue weighted by molar-refractivity contribution is -0.133. The Morgan fingerprint density at radius 2 is 2.12 bits per heavy atom. The van der Waals surface area contributed by atoms with E-state index in [0.29, 0.717) is 17.2 Å². The predicted molar refractivity (Wildman–Crippen MR) is 68.7 cm³/mol. The van der Waals surface area contributed by atoms with Crippen LogP contribution in [0.15, 0.2) is 0 Å². The van der Waals surface area contributed by atoms with Crippen molar-refractivity contribution in [3.05, 3.63) is 0 Å². The molecule has 3 nitrogen and oxygen atoms in total. The van der Waals surface area contributed by atoms with Crippen LogP contribution in [0.25, 0.3) is 0 Å². The van der Waals surface area contributed by atoms with E-state index in [4.69, 9.17) is 0 Å². The van der Waals surface area contributed by atoms with Crippen molar-refractivity contribution in [2.24, 2.45) is 0 Å². The smallest absolute Gasteiger partial charge is 0.240 e. The molecule has 0 aromatic carbocycles. The molecule has 92 valence electrons. The van der Waals surface area contributed by atoms with Crippen molar-refractivity contribution in [1.29, 1.82) is 0 Å². The van der Waals surface area contributed by atoms with Crippen LogP contribution in [-0.4, -0.2) is 58.4 Å². The van der Waals surface area contributed by atoms with Crippen molar-refractivity contribution in [1.82, 2.24) is 9.80 Å². The predicted octanol–water partition coefficient (Wildman–Crippen LogP) is 1.43. The lowest BCUT2D eigenvalue weighted by atomic mass is 10.2. The molecular formula is C12H22N2OS. The highest BCUT2D eigenvalue weighted by Gasteiger charge is 2.38. The fourth-order valence-corrected chi connectivity index (χ4v) is 3.71. The Kier molecular flexibility index (Phi) is 3.80. The van der Waals surface area contributed by atoms with Crippen LogP contribution in [0.4, 0.5) is 0 Å². The van der Waals surface area contributed by atoms with Crippen LogP contribution in [0.5, 0.6) is 0 Å². The maximum absolute atomic E-state index is 12.2. The number of hydrogen-bond acceptors (Lipinski definition) is 3. The van der Waals surface area contributed by atoms with Gasteiger partial charge in [-0.05, 0) is 20.3 Å². The van der Waals surface area contributed by atoms with E-state index in [1.54, 1.807) is 0 Å². The largest absolute Gasteiger partial charge is 0.339 e. The fraction of sp³-hybridized carbons (Fsp3) is 0.917. The lowest BCUT2D eigenvalue weighted by Crippen LogP contribution is -2.48. The van der Waals surface area contributed by atoms with Crippen LogP contribution in [0, 0.1) is 0 Å². The maximum atomic E-state index is 12.2. The van der Waals surface area contributed by atoms with Gasteiger partial charge in [0.15, 0.2) is 0 Å². The van der Waals surface area contributed by atoms with Gasteiger partial charge in [0.05, 0.1) is 6.04 Å². The zero-order chi connectivity index (χ0) is 11.7. The molecule has 2 rings (SSSR count). The molecule has 4 heteroatoms. The van der Waals surface area contributed by atoms with E-state index in [0.717, 1.165) is 26.1 Å². The molecule has 2 atom stereocenters. The van der Waals surface area contributed by atoms with Crippen molar-refractivity contribution in [2.75, 3.05) is 25.4 Å². The van der Waals surface area contributed by atoms with Crippen LogP contribution in [-0.2, 0) is 4.79 Å². The Morgan fingerprint density at radius 3 is 2.69 bits per heavy atom. The van der Waals surface area contributed by atoms with Crippen LogP contribution < -0.4 is 0 Å². The van der Waals surface area contributed by atoms with E-state index in [1.807, 2.05) is 16.7 Å². The second kappa shape index (κ2) is 4.96. The summed E-state index contributed by atoms with van der Waals surface area (Å²) in [5, 5.41) is 0.676. The number of hydrogen-bond donors (Lipinski definition) is 0. The molecular weight excluding hydrogens is 220 g/mol. The summed E-state index contributed by atoms with van der Waals surface area (Å²) in [5.41, 5.74) is 0. The molecule has 0 aromatic rings. The normalized spacial score (nSPS) is 32.8. The van der Waals surface area contributed by atoms with Crippen molar-refractivity contribution < 1.29 is 4.79 Å². The van der Waals surface area contributed by atoms with Crippen LogP contribution in [0.3, 0.4) is 0 Å². The summed E-state index contributed by atoms with van der Waals surface area (Å²) in [7, 11) is 0. The first-order valence-corrected chi connectivity index (χ1v) is 7.30. The number of likely N-dealkylation sites (tertiary alicyclic amines) is 1. The summed E-state index contributed by atoms with van der Waals surface area (Å²) in [4.78, 5) is 16.6. The Labute approximate surface area is 103 Å². The van der Waals surface area contributed by atoms with E-state index in [9.17, 15) is 4.79 Å². The van der Waals surface area contributed by atoms with Gasteiger partial charge >= 0.3 is 0 Å². The fourth-order valence-electron chi connectivity index (χ4n) is 2.67. The number of rotatable bonds is 2. The SMILES string of the molecule is CC(C)N1CC[C@@H](N2CCS[C@@H](C)C2)C1=O. The van der Waals surface area contributed by atoms with Gasteiger partial charge in [-0.3, -0.25) is 9.69 Å². The van der Waals surface area contributed by atoms with Gasteiger partial charge in [0.2, 0.25) is 5.91 Å². The zero-order valence-corrected chi connectivity index (χ0v) is 11.3. The molecule has 2 aliphatic heterocycles. The summed E-state index contributed by atoms with van der Waals surface area (Å²) < 4.78 is 0. The molecule has 0 aromatic heterocycles. The molecule has 2 fully saturated rings. The maximum Gasteiger partial charge on any atom is 0.240 e. The molecule has 0 radical (unpaired) electrons. The Hall–Kier alpha value is -0.220. The molecule has 0 saturated carbocycles. The van der Waals surface area contributed by atoms with E-state index in [2.05, 4.69) is 25.7 Å². The molecule has 2 saturated heterocycles. The third kappa shape index (κ3) is 2.38. The molecule has 0 bridgehead atoms. The minimum absolute atomic E-state index is 0.172. The minimum Gasteiger partial charge on any atom is -0.339 e. The molecule has 0 aliphatic carbocycles. The highest BCUT2D eigenvalue weighted by molar-refractivity contribution is 7.99. The number of amides is 1. The van der Waals surface area contributed by atoms with Gasteiger partial charge in [0.25, 0.3) is 0 Å². The highest BCUT2D eigenvalue weighted by Crippen LogP contribution is 2.25. The topological polar surface area (TPSA) is 23.6 Å². The summed E-state index contributed by atoms with van der Waals surface area (Å²) in [6.07, 6.45) is 1.02. The lowest BCUT2D eigenvalue weighted by Gasteiger charge is -2.34. The first kappa shape index (κ1) is 12.2. The van der Waals surface area contributed by atoms with E-state index < -0.39 is 0 Å². The van der Waals surface area contributed by atoms with Gasteiger partial charge in [0.1, 0.15) is 0 Å². The number of thioether (sulfide) groups is 1. The van der Waals surface area contributed by atoms with Crippen molar-refractivity contribution in [2.45, 2.75) is 44.5 Å². The monoisotopic (exact) mass is 242 g/mol. The van der Waals surface area contributed by atoms with Gasteiger partial charge < -0.3 is 4.90 Å². The van der Waals surface area contributed by atoms with Crippen molar-refractivity contribution in [3.8, 4) is 0 Å². The van der Waals surface area contributed by atoms with Crippen molar-refractivity contribution >= 4 is 17.7 Å². The van der Waals surface area contributed by atoms with Gasteiger partial charge in [-0.1, -0.05) is 6.92 Å². The molecule has 0 unspecified atom stereocenters. The second-order valence-electron chi connectivity index (χ2n) is 5.11. The third-order valence-corrected chi connectivity index (χ3v) is 4.68. The summed E-state index contributed by atoms with van der Waals surface area (Å²) in [5.74, 6) is 1.53. The van der Waals surface area contributed by atoms with E-state index in [1.165, 1.54) is 5.75 Å². The van der Waals surface area contributed by atoms with E-state index in [-0.39, 0.29) is 6.04 Å². The Bertz CT molecular complexity index is 270. The standard InChI is InChI=1S/C12H22N2OS/c1-9(2)14-5-4-11(12(14)15)13-6-7-16-10(3)8-13/h9-11H,4-8H2,1-3H3/t10-,11+/m0/s1. The average Bonchev–Trinajstić information content (AvgIpc) is 2.60. The first-order chi connectivity index (χ1) is 7.59. The average molecular weight is 242 g/mol. The van der Waals surface area contributed by atoms with Crippen LogP contribution >= 0.6 is 11.8 Å². The molecule has 16 heavy (non-hydrogen) atoms. The number of carbonyl (C=O) groups excluding carboxylic acids is 1. The summed E-state index contributed by atoms with van der Waals surface area (Å²) in [6, 6.07) is 0.528. The highest BCUT2D eigenvalue weighted by atomic mass is 32.2. The molecule has 0 spiro atoms. The number of nitrogens with zero attached hydrogens (tertiary/aromatic N) is 2. The number of carbonyl (C=O) groups is 1. The van der Waals surface area contributed by atoms with Crippen LogP contribution in [0.2, 0.25) is 0 Å². The van der Waals surface area contributed by atoms with Crippen molar-refractivity contribution in [3.63, 3.8) is 0 Å². The van der Waals surface area contributed by atoms with Crippen LogP contribution in [0.1, 0.15) is 27.2 Å². The van der Waals surface area contributed by atoms with E-state index >= 15 is 0 Å². The van der Waals surface area contributed by atoms with Gasteiger partial charge in [-0.15, -0.1) is 0 Å². The molecule has 1 amide bonds. The Morgan fingerprint density at radius 1 is 1.38 bits per heavy atom. The minimum atomic E-state index is 0.172. The molecule has 0 N–H and O–H groups in total. The van der Waals surface area contributed by atoms with Gasteiger partial charge in [-0.25, -0.2) is 0 Å². The second-order valence-corrected chi connectivity index (χ2v) is 6.65. The quantitative estimate of drug-likeness (QED) is 0.732. The zero-order valence-electron chi connectivity index (χ0n) is 10.5. The van der Waals surface area contributed by atoms with Gasteiger partial charge in [0, 0.05) is 36.7 Å². The Balaban J connectivity index is 1.98. The summed E-state index contributed by atoms with van der Waals surface area (Å²) >= 11 is 2.02. The molecule has 2 heterocycles. The van der Waals surface area contributed by atoms with Gasteiger partial charge in [-0.2, -0.15) is 11.8 Å². The first-order valence-electron chi connectivity index (χ1n) is 6.25. The summed E-state index contributed by atoms with van der Waals surface area (Å²) in [6.45, 7) is 9.57.